The molecule has 0 saturated carbocycles. The van der Waals surface area contributed by atoms with Gasteiger partial charge in [-0.15, -0.1) is 0 Å². The van der Waals surface area contributed by atoms with Crippen LogP contribution in [0.25, 0.3) is 0 Å². The van der Waals surface area contributed by atoms with E-state index in [1.54, 1.807) is 51.1 Å². The largest absolute Gasteiger partial charge is 0.491 e. The van der Waals surface area contributed by atoms with Crippen molar-refractivity contribution in [2.24, 2.45) is 0 Å². The molecule has 0 unspecified atom stereocenters. The molecular formula is C27H31F2NO7. The Morgan fingerprint density at radius 1 is 1.08 bits per heavy atom. The lowest BCUT2D eigenvalue weighted by molar-refractivity contribution is -0.137. The Hall–Kier alpha value is -3.76. The van der Waals surface area contributed by atoms with E-state index in [4.69, 9.17) is 24.1 Å². The minimum Gasteiger partial charge on any atom is -0.491 e. The normalized spacial score (nSPS) is 13.5. The average Bonchev–Trinajstić information content (AvgIpc) is 2.84. The summed E-state index contributed by atoms with van der Waals surface area (Å²) < 4.78 is 48.9. The van der Waals surface area contributed by atoms with E-state index >= 15 is 0 Å². The van der Waals surface area contributed by atoms with Crippen molar-refractivity contribution in [1.82, 2.24) is 0 Å². The number of esters is 1. The van der Waals surface area contributed by atoms with Gasteiger partial charge in [0.15, 0.2) is 6.10 Å². The van der Waals surface area contributed by atoms with E-state index in [1.807, 2.05) is 0 Å². The summed E-state index contributed by atoms with van der Waals surface area (Å²) in [5, 5.41) is 11.2. The number of hydrogen-bond donors (Lipinski definition) is 2. The van der Waals surface area contributed by atoms with Gasteiger partial charge in [-0.05, 0) is 61.7 Å². The van der Waals surface area contributed by atoms with Crippen molar-refractivity contribution in [3.05, 3.63) is 83.0 Å². The Morgan fingerprint density at radius 2 is 1.78 bits per heavy atom. The SMILES string of the molecule is CCOC(=O)/C=C(C)/C=C(\C)[C@H](OC)[C@@H](OC(=O)Nc1ccc(F)cc1F)c1ccc(OCCO)cc1. The van der Waals surface area contributed by atoms with E-state index < -0.39 is 35.9 Å². The predicted octanol–water partition coefficient (Wildman–Crippen LogP) is 5.10. The first kappa shape index (κ1) is 29.5. The van der Waals surface area contributed by atoms with Gasteiger partial charge in [-0.1, -0.05) is 18.2 Å². The van der Waals surface area contributed by atoms with Crippen molar-refractivity contribution in [3.63, 3.8) is 0 Å². The van der Waals surface area contributed by atoms with Crippen LogP contribution in [-0.4, -0.2) is 50.2 Å². The highest BCUT2D eigenvalue weighted by molar-refractivity contribution is 5.85. The average molecular weight is 520 g/mol. The van der Waals surface area contributed by atoms with E-state index in [2.05, 4.69) is 5.32 Å². The molecular weight excluding hydrogens is 488 g/mol. The molecule has 2 atom stereocenters. The summed E-state index contributed by atoms with van der Waals surface area (Å²) in [7, 11) is 1.43. The Morgan fingerprint density at radius 3 is 2.38 bits per heavy atom. The van der Waals surface area contributed by atoms with Crippen LogP contribution in [0.5, 0.6) is 5.75 Å². The van der Waals surface area contributed by atoms with Crippen LogP contribution in [0.2, 0.25) is 0 Å². The van der Waals surface area contributed by atoms with Crippen LogP contribution in [-0.2, 0) is 19.0 Å². The molecule has 1 amide bonds. The van der Waals surface area contributed by atoms with Crippen molar-refractivity contribution >= 4 is 17.7 Å². The van der Waals surface area contributed by atoms with Gasteiger partial charge in [0.2, 0.25) is 0 Å². The molecule has 2 aromatic rings. The van der Waals surface area contributed by atoms with Crippen LogP contribution in [0.4, 0.5) is 19.3 Å². The number of aliphatic hydroxyl groups is 1. The number of aliphatic hydroxyl groups excluding tert-OH is 1. The molecule has 200 valence electrons. The molecule has 2 aromatic carbocycles. The number of halogens is 2. The first-order valence-electron chi connectivity index (χ1n) is 11.5. The highest BCUT2D eigenvalue weighted by atomic mass is 19.1. The number of carbonyl (C=O) groups excluding carboxylic acids is 2. The van der Waals surface area contributed by atoms with Gasteiger partial charge in [0.1, 0.15) is 30.1 Å². The van der Waals surface area contributed by atoms with E-state index in [-0.39, 0.29) is 25.5 Å². The van der Waals surface area contributed by atoms with E-state index in [9.17, 15) is 18.4 Å². The summed E-state index contributed by atoms with van der Waals surface area (Å²) in [6.07, 6.45) is 0.209. The molecule has 0 fully saturated rings. The molecule has 2 N–H and O–H groups in total. The quantitative estimate of drug-likeness (QED) is 0.229. The summed E-state index contributed by atoms with van der Waals surface area (Å²) in [5.74, 6) is -1.75. The molecule has 37 heavy (non-hydrogen) atoms. The van der Waals surface area contributed by atoms with Crippen molar-refractivity contribution in [2.75, 3.05) is 32.2 Å². The number of nitrogens with one attached hydrogen (secondary N) is 1. The monoisotopic (exact) mass is 519 g/mol. The summed E-state index contributed by atoms with van der Waals surface area (Å²) in [5.41, 5.74) is 1.47. The number of hydrogen-bond acceptors (Lipinski definition) is 7. The lowest BCUT2D eigenvalue weighted by atomic mass is 9.97. The highest BCUT2D eigenvalue weighted by Gasteiger charge is 2.29. The molecule has 0 saturated heterocycles. The first-order valence-corrected chi connectivity index (χ1v) is 11.5. The molecule has 0 aliphatic rings. The molecule has 0 bridgehead atoms. The van der Waals surface area contributed by atoms with Crippen molar-refractivity contribution < 1.29 is 42.4 Å². The Labute approximate surface area is 214 Å². The summed E-state index contributed by atoms with van der Waals surface area (Å²) >= 11 is 0. The van der Waals surface area contributed by atoms with Gasteiger partial charge in [-0.25, -0.2) is 18.4 Å². The third-order valence-electron chi connectivity index (χ3n) is 5.04. The number of amides is 1. The molecule has 10 heteroatoms. The fourth-order valence-electron chi connectivity index (χ4n) is 3.47. The van der Waals surface area contributed by atoms with E-state index in [0.29, 0.717) is 28.5 Å². The van der Waals surface area contributed by atoms with Gasteiger partial charge in [-0.3, -0.25) is 5.32 Å². The second kappa shape index (κ2) is 14.7. The molecule has 2 rings (SSSR count). The fraction of sp³-hybridized carbons (Fsp3) is 0.333. The van der Waals surface area contributed by atoms with Crippen LogP contribution in [0.15, 0.2) is 65.8 Å². The second-order valence-corrected chi connectivity index (χ2v) is 7.90. The maximum atomic E-state index is 14.1. The van der Waals surface area contributed by atoms with Gasteiger partial charge in [0.25, 0.3) is 0 Å². The summed E-state index contributed by atoms with van der Waals surface area (Å²) in [6.45, 7) is 5.35. The zero-order valence-corrected chi connectivity index (χ0v) is 21.1. The second-order valence-electron chi connectivity index (χ2n) is 7.90. The van der Waals surface area contributed by atoms with Crippen molar-refractivity contribution in [2.45, 2.75) is 33.0 Å². The van der Waals surface area contributed by atoms with Crippen LogP contribution in [0.1, 0.15) is 32.4 Å². The Bertz CT molecular complexity index is 1120. The minimum absolute atomic E-state index is 0.111. The third-order valence-corrected chi connectivity index (χ3v) is 5.04. The fourth-order valence-corrected chi connectivity index (χ4v) is 3.47. The molecule has 0 aromatic heterocycles. The highest BCUT2D eigenvalue weighted by Crippen LogP contribution is 2.31. The lowest BCUT2D eigenvalue weighted by Gasteiger charge is -2.27. The minimum atomic E-state index is -1.01. The maximum absolute atomic E-state index is 14.1. The number of benzene rings is 2. The van der Waals surface area contributed by atoms with Crippen molar-refractivity contribution in [1.29, 1.82) is 0 Å². The Balaban J connectivity index is 2.36. The number of carbonyl (C=O) groups is 2. The summed E-state index contributed by atoms with van der Waals surface area (Å²) in [4.78, 5) is 24.5. The number of anilines is 1. The van der Waals surface area contributed by atoms with Crippen LogP contribution in [0.3, 0.4) is 0 Å². The Kier molecular flexibility index (Phi) is 11.7. The number of rotatable bonds is 12. The van der Waals surface area contributed by atoms with Crippen molar-refractivity contribution in [3.8, 4) is 5.75 Å². The maximum Gasteiger partial charge on any atom is 0.412 e. The van der Waals surface area contributed by atoms with Gasteiger partial charge < -0.3 is 24.1 Å². The first-order chi connectivity index (χ1) is 17.7. The zero-order valence-electron chi connectivity index (χ0n) is 21.1. The smallest absolute Gasteiger partial charge is 0.412 e. The number of methoxy groups -OCH3 is 1. The van der Waals surface area contributed by atoms with Gasteiger partial charge in [-0.2, -0.15) is 0 Å². The van der Waals surface area contributed by atoms with E-state index in [1.165, 1.54) is 13.2 Å². The van der Waals surface area contributed by atoms with Gasteiger partial charge >= 0.3 is 12.1 Å². The van der Waals surface area contributed by atoms with Crippen LogP contribution >= 0.6 is 0 Å². The van der Waals surface area contributed by atoms with E-state index in [0.717, 1.165) is 12.1 Å². The molecule has 0 spiro atoms. The molecule has 0 aliphatic carbocycles. The summed E-state index contributed by atoms with van der Waals surface area (Å²) in [6, 6.07) is 9.31. The van der Waals surface area contributed by atoms with Gasteiger partial charge in [0, 0.05) is 19.3 Å². The topological polar surface area (TPSA) is 103 Å². The molecule has 0 aliphatic heterocycles. The number of allylic oxidation sites excluding steroid dienone is 2. The molecule has 8 nitrogen and oxygen atoms in total. The molecule has 0 radical (unpaired) electrons. The van der Waals surface area contributed by atoms with Gasteiger partial charge in [0.05, 0.1) is 18.9 Å². The van der Waals surface area contributed by atoms with Crippen LogP contribution < -0.4 is 10.1 Å². The molecule has 0 heterocycles. The standard InChI is InChI=1S/C27H31F2NO7/c1-5-35-24(32)15-17(2)14-18(3)25(34-4)26(19-6-9-21(10-7-19)36-13-12-31)37-27(33)30-23-11-8-20(28)16-22(23)29/h6-11,14-16,25-26,31H,5,12-13H2,1-4H3,(H,30,33)/b17-15+,18-14+/t25-,26-/m0/s1. The predicted molar refractivity (Wildman–Crippen MR) is 133 cm³/mol. The third kappa shape index (κ3) is 9.32. The number of ether oxygens (including phenoxy) is 4. The zero-order chi connectivity index (χ0) is 27.4. The lowest BCUT2D eigenvalue weighted by Crippen LogP contribution is -2.29. The van der Waals surface area contributed by atoms with Crippen LogP contribution in [0, 0.1) is 11.6 Å².